The first-order valence-electron chi connectivity index (χ1n) is 9.10. The van der Waals surface area contributed by atoms with Crippen LogP contribution >= 0.6 is 0 Å². The summed E-state index contributed by atoms with van der Waals surface area (Å²) in [6.07, 6.45) is 4.52. The molecule has 2 aliphatic rings. The Hall–Kier alpha value is -2.64. The second kappa shape index (κ2) is 5.43. The van der Waals surface area contributed by atoms with Gasteiger partial charge in [0.15, 0.2) is 5.60 Å². The Kier molecular flexibility index (Phi) is 3.57. The zero-order valence-electron chi connectivity index (χ0n) is 16.3. The molecule has 2 atom stereocenters. The van der Waals surface area contributed by atoms with Crippen LogP contribution in [0.5, 0.6) is 0 Å². The van der Waals surface area contributed by atoms with Crippen molar-refractivity contribution in [2.24, 2.45) is 10.8 Å². The molecule has 8 heteroatoms. The lowest BCUT2D eigenvalue weighted by molar-refractivity contribution is -0.165. The van der Waals surface area contributed by atoms with Gasteiger partial charge in [-0.25, -0.2) is 0 Å². The number of esters is 1. The maximum atomic E-state index is 13.1. The number of ether oxygens (including phenoxy) is 1. The first-order valence-corrected chi connectivity index (χ1v) is 9.10. The van der Waals surface area contributed by atoms with Crippen molar-refractivity contribution in [3.8, 4) is 0 Å². The Labute approximate surface area is 157 Å². The summed E-state index contributed by atoms with van der Waals surface area (Å²) in [5, 5.41) is 11.1. The molecule has 1 saturated carbocycles. The number of nitrogens with one attached hydrogen (secondary N) is 1. The highest BCUT2D eigenvalue weighted by Crippen LogP contribution is 2.65. The molecule has 1 amide bonds. The average molecular weight is 372 g/mol. The molecule has 1 saturated heterocycles. The van der Waals surface area contributed by atoms with Gasteiger partial charge in [0.1, 0.15) is 5.76 Å². The number of carbonyl (C=O) groups excluding carboxylic acids is 2. The molecule has 144 valence electrons. The summed E-state index contributed by atoms with van der Waals surface area (Å²) in [7, 11) is 0. The van der Waals surface area contributed by atoms with Crippen LogP contribution in [0.25, 0.3) is 0 Å². The Morgan fingerprint density at radius 3 is 2.59 bits per heavy atom. The smallest absolute Gasteiger partial charge is 0.313 e. The number of carbonyl (C=O) groups is 2. The molecule has 2 aromatic heterocycles. The van der Waals surface area contributed by atoms with Gasteiger partial charge in [-0.05, 0) is 33.6 Å². The number of amides is 1. The van der Waals surface area contributed by atoms with E-state index in [4.69, 9.17) is 9.26 Å². The van der Waals surface area contributed by atoms with E-state index < -0.39 is 16.4 Å². The third-order valence-electron chi connectivity index (χ3n) is 6.84. The first-order chi connectivity index (χ1) is 12.6. The third-order valence-corrected chi connectivity index (χ3v) is 6.84. The van der Waals surface area contributed by atoms with Crippen molar-refractivity contribution in [2.75, 3.05) is 5.32 Å². The van der Waals surface area contributed by atoms with Crippen LogP contribution in [-0.4, -0.2) is 32.4 Å². The largest absolute Gasteiger partial charge is 0.448 e. The van der Waals surface area contributed by atoms with Crippen LogP contribution in [0.2, 0.25) is 0 Å². The lowest BCUT2D eigenvalue weighted by Gasteiger charge is -2.35. The molecular weight excluding hydrogens is 348 g/mol. The van der Waals surface area contributed by atoms with Gasteiger partial charge in [0.25, 0.3) is 5.91 Å². The molecule has 0 spiro atoms. The summed E-state index contributed by atoms with van der Waals surface area (Å²) < 4.78 is 12.5. The second-order valence-electron chi connectivity index (χ2n) is 8.36. The Bertz CT molecular complexity index is 924. The molecule has 1 N–H and O–H groups in total. The van der Waals surface area contributed by atoms with E-state index in [1.165, 1.54) is 0 Å². The third kappa shape index (κ3) is 2.22. The van der Waals surface area contributed by atoms with Crippen molar-refractivity contribution in [3.63, 3.8) is 0 Å². The van der Waals surface area contributed by atoms with Crippen molar-refractivity contribution in [3.05, 3.63) is 29.4 Å². The van der Waals surface area contributed by atoms with Gasteiger partial charge in [0, 0.05) is 17.2 Å². The van der Waals surface area contributed by atoms with Crippen LogP contribution in [0.1, 0.15) is 50.6 Å². The summed E-state index contributed by atoms with van der Waals surface area (Å²) in [5.41, 5.74) is 0.00620. The predicted octanol–water partition coefficient (Wildman–Crippen LogP) is 2.60. The fourth-order valence-electron chi connectivity index (χ4n) is 4.38. The standard InChI is InChI=1S/C19H24N4O4/c1-11-14(12(2)27-22-11)10-23-9-13(8-20-23)21-15(24)19-7-6-18(5,16(25)26-19)17(19,3)4/h8-9H,6-7,10H2,1-5H3,(H,21,24)/t18-,19+/m0/s1. The summed E-state index contributed by atoms with van der Waals surface area (Å²) in [4.78, 5) is 25.4. The summed E-state index contributed by atoms with van der Waals surface area (Å²) >= 11 is 0. The van der Waals surface area contributed by atoms with Gasteiger partial charge in [-0.15, -0.1) is 0 Å². The summed E-state index contributed by atoms with van der Waals surface area (Å²) in [6.45, 7) is 10.00. The number of hydrogen-bond donors (Lipinski definition) is 1. The fourth-order valence-corrected chi connectivity index (χ4v) is 4.38. The van der Waals surface area contributed by atoms with Crippen LogP contribution in [0, 0.1) is 24.7 Å². The van der Waals surface area contributed by atoms with Gasteiger partial charge in [-0.1, -0.05) is 19.0 Å². The first kappa shape index (κ1) is 17.8. The van der Waals surface area contributed by atoms with E-state index in [1.54, 1.807) is 17.1 Å². The fraction of sp³-hybridized carbons (Fsp3) is 0.579. The zero-order chi connectivity index (χ0) is 19.6. The summed E-state index contributed by atoms with van der Waals surface area (Å²) in [6, 6.07) is 0. The van der Waals surface area contributed by atoms with Gasteiger partial charge >= 0.3 is 5.97 Å². The van der Waals surface area contributed by atoms with Gasteiger partial charge in [-0.2, -0.15) is 5.10 Å². The summed E-state index contributed by atoms with van der Waals surface area (Å²) in [5.74, 6) is 0.166. The number of anilines is 1. The van der Waals surface area contributed by atoms with E-state index in [0.717, 1.165) is 17.0 Å². The number of aromatic nitrogens is 3. The van der Waals surface area contributed by atoms with Crippen molar-refractivity contribution in [1.82, 2.24) is 14.9 Å². The number of rotatable bonds is 4. The van der Waals surface area contributed by atoms with Gasteiger partial charge < -0.3 is 14.6 Å². The van der Waals surface area contributed by atoms with E-state index in [9.17, 15) is 9.59 Å². The Balaban J connectivity index is 1.53. The molecule has 2 aromatic rings. The van der Waals surface area contributed by atoms with Gasteiger partial charge in [0.2, 0.25) is 0 Å². The quantitative estimate of drug-likeness (QED) is 0.828. The van der Waals surface area contributed by atoms with E-state index in [1.807, 2.05) is 34.6 Å². The number of hydrogen-bond acceptors (Lipinski definition) is 6. The van der Waals surface area contributed by atoms with Gasteiger partial charge in [0.05, 0.1) is 29.5 Å². The van der Waals surface area contributed by atoms with Crippen LogP contribution in [0.15, 0.2) is 16.9 Å². The minimum atomic E-state index is -1.14. The molecule has 2 fully saturated rings. The van der Waals surface area contributed by atoms with Gasteiger partial charge in [-0.3, -0.25) is 14.3 Å². The average Bonchev–Trinajstić information content (AvgIpc) is 3.26. The number of aryl methyl sites for hydroxylation is 2. The number of nitrogens with zero attached hydrogens (tertiary/aromatic N) is 3. The molecule has 8 nitrogen and oxygen atoms in total. The van der Waals surface area contributed by atoms with E-state index in [2.05, 4.69) is 15.6 Å². The minimum Gasteiger partial charge on any atom is -0.448 e. The van der Waals surface area contributed by atoms with Crippen molar-refractivity contribution >= 4 is 17.6 Å². The molecular formula is C19H24N4O4. The molecule has 0 aromatic carbocycles. The van der Waals surface area contributed by atoms with Crippen molar-refractivity contribution in [2.45, 2.75) is 59.6 Å². The highest BCUT2D eigenvalue weighted by Gasteiger charge is 2.75. The van der Waals surface area contributed by atoms with Crippen LogP contribution in [0.3, 0.4) is 0 Å². The van der Waals surface area contributed by atoms with E-state index in [0.29, 0.717) is 25.1 Å². The Morgan fingerprint density at radius 1 is 1.30 bits per heavy atom. The lowest BCUT2D eigenvalue weighted by Crippen LogP contribution is -2.50. The highest BCUT2D eigenvalue weighted by atomic mass is 16.6. The van der Waals surface area contributed by atoms with E-state index >= 15 is 0 Å². The normalized spacial score (nSPS) is 28.4. The molecule has 1 aliphatic carbocycles. The molecule has 0 radical (unpaired) electrons. The molecule has 1 aliphatic heterocycles. The Morgan fingerprint density at radius 2 is 2.04 bits per heavy atom. The highest BCUT2D eigenvalue weighted by molar-refractivity contribution is 6.03. The van der Waals surface area contributed by atoms with Crippen LogP contribution in [-0.2, 0) is 20.9 Å². The SMILES string of the molecule is Cc1noc(C)c1Cn1cc(NC(=O)[C@@]23CC[C@@](C)(C(=O)O2)C3(C)C)cn1. The minimum absolute atomic E-state index is 0.289. The van der Waals surface area contributed by atoms with Crippen molar-refractivity contribution < 1.29 is 18.8 Å². The maximum Gasteiger partial charge on any atom is 0.313 e. The monoisotopic (exact) mass is 372 g/mol. The van der Waals surface area contributed by atoms with E-state index in [-0.39, 0.29) is 11.9 Å². The molecule has 4 rings (SSSR count). The predicted molar refractivity (Wildman–Crippen MR) is 95.9 cm³/mol. The molecule has 2 bridgehead atoms. The van der Waals surface area contributed by atoms with Crippen LogP contribution < -0.4 is 5.32 Å². The topological polar surface area (TPSA) is 99.2 Å². The number of fused-ring (bicyclic) bond motifs is 2. The zero-order valence-corrected chi connectivity index (χ0v) is 16.3. The maximum absolute atomic E-state index is 13.1. The lowest BCUT2D eigenvalue weighted by atomic mass is 9.66. The van der Waals surface area contributed by atoms with Crippen molar-refractivity contribution in [1.29, 1.82) is 0 Å². The molecule has 27 heavy (non-hydrogen) atoms. The second-order valence-corrected chi connectivity index (χ2v) is 8.36. The molecule has 3 heterocycles. The molecule has 0 unspecified atom stereocenters. The van der Waals surface area contributed by atoms with Crippen LogP contribution in [0.4, 0.5) is 5.69 Å².